The summed E-state index contributed by atoms with van der Waals surface area (Å²) in [6.07, 6.45) is 1.50. The van der Waals surface area contributed by atoms with Gasteiger partial charge in [-0.1, -0.05) is 48.5 Å². The molecule has 0 spiro atoms. The van der Waals surface area contributed by atoms with E-state index in [1.165, 1.54) is 6.21 Å². The Morgan fingerprint density at radius 3 is 2.38 bits per heavy atom. The lowest BCUT2D eigenvalue weighted by Crippen LogP contribution is -2.18. The van der Waals surface area contributed by atoms with Gasteiger partial charge in [0.2, 0.25) is 0 Å². The van der Waals surface area contributed by atoms with Gasteiger partial charge in [0.1, 0.15) is 11.4 Å². The summed E-state index contributed by atoms with van der Waals surface area (Å²) in [5, 5.41) is 5.03. The van der Waals surface area contributed by atoms with Gasteiger partial charge >= 0.3 is 5.97 Å². The Bertz CT molecular complexity index is 1680. The summed E-state index contributed by atoms with van der Waals surface area (Å²) in [4.78, 5) is 29.0. The number of esters is 1. The molecule has 8 nitrogen and oxygen atoms in total. The number of fused-ring (bicyclic) bond motifs is 1. The van der Waals surface area contributed by atoms with Gasteiger partial charge in [-0.25, -0.2) is 10.2 Å². The zero-order chi connectivity index (χ0) is 27.9. The number of hydrazone groups is 1. The van der Waals surface area contributed by atoms with Gasteiger partial charge in [-0.3, -0.25) is 4.79 Å². The van der Waals surface area contributed by atoms with Crippen LogP contribution in [-0.4, -0.2) is 36.8 Å². The van der Waals surface area contributed by atoms with Crippen LogP contribution in [0.2, 0.25) is 0 Å². The number of benzene rings is 4. The summed E-state index contributed by atoms with van der Waals surface area (Å²) in [6, 6.07) is 29.0. The van der Waals surface area contributed by atoms with Gasteiger partial charge in [-0.05, 0) is 66.6 Å². The number of amides is 1. The fourth-order valence-corrected chi connectivity index (χ4v) is 4.28. The monoisotopic (exact) mass is 533 g/mol. The van der Waals surface area contributed by atoms with Crippen molar-refractivity contribution in [2.24, 2.45) is 5.10 Å². The number of hydrogen-bond acceptors (Lipinski definition) is 6. The molecule has 5 aromatic rings. The van der Waals surface area contributed by atoms with Crippen molar-refractivity contribution in [3.63, 3.8) is 0 Å². The minimum atomic E-state index is -0.486. The van der Waals surface area contributed by atoms with Crippen molar-refractivity contribution < 1.29 is 23.8 Å². The number of nitrogens with zero attached hydrogens (tertiary/aromatic N) is 1. The van der Waals surface area contributed by atoms with Gasteiger partial charge < -0.3 is 19.2 Å². The van der Waals surface area contributed by atoms with Crippen LogP contribution in [0.1, 0.15) is 33.3 Å². The Labute approximate surface area is 231 Å². The van der Waals surface area contributed by atoms with Gasteiger partial charge in [0, 0.05) is 16.5 Å². The molecule has 1 amide bonds. The molecule has 1 aromatic heterocycles. The molecule has 4 aromatic carbocycles. The molecule has 0 radical (unpaired) electrons. The molecule has 0 unspecified atom stereocenters. The Kier molecular flexibility index (Phi) is 7.87. The van der Waals surface area contributed by atoms with E-state index in [2.05, 4.69) is 15.5 Å². The van der Waals surface area contributed by atoms with Gasteiger partial charge in [-0.15, -0.1) is 0 Å². The summed E-state index contributed by atoms with van der Waals surface area (Å²) in [6.45, 7) is 2.21. The first kappa shape index (κ1) is 26.2. The van der Waals surface area contributed by atoms with Gasteiger partial charge in [0.15, 0.2) is 11.5 Å². The van der Waals surface area contributed by atoms with Crippen LogP contribution < -0.4 is 19.6 Å². The number of nitrogens with one attached hydrogen (secondary N) is 2. The van der Waals surface area contributed by atoms with Crippen LogP contribution in [0.25, 0.3) is 22.0 Å². The van der Waals surface area contributed by atoms with Crippen LogP contribution in [0, 0.1) is 0 Å². The fourth-order valence-electron chi connectivity index (χ4n) is 4.28. The number of aromatic nitrogens is 1. The van der Waals surface area contributed by atoms with E-state index in [0.29, 0.717) is 34.9 Å². The second kappa shape index (κ2) is 12.0. The highest BCUT2D eigenvalue weighted by atomic mass is 16.6. The molecular weight excluding hydrogens is 506 g/mol. The van der Waals surface area contributed by atoms with Crippen LogP contribution >= 0.6 is 0 Å². The standard InChI is InChI=1S/C32H27N3O5/c1-3-39-28-18-21(14-17-27(28)40-32(37)23-12-8-5-9-13-23)20-33-35-31(36)30-29(22-10-6-4-7-11-22)25-19-24(38-2)15-16-26(25)34-30/h4-20,34H,3H2,1-2H3,(H,35,36). The quantitative estimate of drug-likeness (QED) is 0.101. The maximum Gasteiger partial charge on any atom is 0.343 e. The highest BCUT2D eigenvalue weighted by Crippen LogP contribution is 2.34. The van der Waals surface area contributed by atoms with Crippen LogP contribution in [0.15, 0.2) is 102 Å². The maximum atomic E-state index is 13.3. The first-order valence-electron chi connectivity index (χ1n) is 12.7. The molecule has 0 atom stereocenters. The zero-order valence-electron chi connectivity index (χ0n) is 22.0. The first-order valence-corrected chi connectivity index (χ1v) is 12.7. The van der Waals surface area contributed by atoms with E-state index in [1.807, 2.05) is 61.5 Å². The van der Waals surface area contributed by atoms with Crippen molar-refractivity contribution in [3.8, 4) is 28.4 Å². The average Bonchev–Trinajstić information content (AvgIpc) is 3.38. The number of rotatable bonds is 9. The molecule has 0 saturated heterocycles. The first-order chi connectivity index (χ1) is 19.6. The predicted octanol–water partition coefficient (Wildman–Crippen LogP) is 6.23. The topological polar surface area (TPSA) is 102 Å². The summed E-state index contributed by atoms with van der Waals surface area (Å²) < 4.78 is 16.6. The summed E-state index contributed by atoms with van der Waals surface area (Å²) in [7, 11) is 1.61. The highest BCUT2D eigenvalue weighted by molar-refractivity contribution is 6.10. The van der Waals surface area contributed by atoms with Crippen molar-refractivity contribution >= 4 is 29.0 Å². The molecule has 1 heterocycles. The van der Waals surface area contributed by atoms with Crippen molar-refractivity contribution in [3.05, 3.63) is 114 Å². The SMILES string of the molecule is CCOc1cc(C=NNC(=O)c2[nH]c3ccc(OC)cc3c2-c2ccccc2)ccc1OC(=O)c1ccccc1. The third-order valence-electron chi connectivity index (χ3n) is 6.15. The molecule has 0 aliphatic rings. The van der Waals surface area contributed by atoms with Gasteiger partial charge in [0.25, 0.3) is 5.91 Å². The minimum absolute atomic E-state index is 0.290. The largest absolute Gasteiger partial charge is 0.497 e. The zero-order valence-corrected chi connectivity index (χ0v) is 22.0. The number of H-pyrrole nitrogens is 1. The lowest BCUT2D eigenvalue weighted by atomic mass is 10.0. The normalized spacial score (nSPS) is 10.9. The molecule has 2 N–H and O–H groups in total. The summed E-state index contributed by atoms with van der Waals surface area (Å²) in [5.41, 5.74) is 6.51. The Hall–Kier alpha value is -5.37. The van der Waals surface area contributed by atoms with Gasteiger partial charge in [-0.2, -0.15) is 5.10 Å². The number of carbonyl (C=O) groups excluding carboxylic acids is 2. The van der Waals surface area contributed by atoms with E-state index in [0.717, 1.165) is 22.0 Å². The smallest absolute Gasteiger partial charge is 0.343 e. The number of aromatic amines is 1. The van der Waals surface area contributed by atoms with Crippen LogP contribution in [0.3, 0.4) is 0 Å². The molecule has 0 aliphatic heterocycles. The number of ether oxygens (including phenoxy) is 3. The minimum Gasteiger partial charge on any atom is -0.497 e. The Morgan fingerprint density at radius 2 is 1.65 bits per heavy atom. The Balaban J connectivity index is 1.37. The van der Waals surface area contributed by atoms with Gasteiger partial charge in [0.05, 0.1) is 25.5 Å². The van der Waals surface area contributed by atoms with Crippen LogP contribution in [0.4, 0.5) is 0 Å². The van der Waals surface area contributed by atoms with Crippen LogP contribution in [0.5, 0.6) is 17.2 Å². The highest BCUT2D eigenvalue weighted by Gasteiger charge is 2.20. The van der Waals surface area contributed by atoms with E-state index < -0.39 is 11.9 Å². The fraction of sp³-hybridized carbons (Fsp3) is 0.0938. The Morgan fingerprint density at radius 1 is 0.900 bits per heavy atom. The van der Waals surface area contributed by atoms with Crippen molar-refractivity contribution in [2.75, 3.05) is 13.7 Å². The van der Waals surface area contributed by atoms with E-state index in [9.17, 15) is 9.59 Å². The molecule has 0 aliphatic carbocycles. The number of methoxy groups -OCH3 is 1. The lowest BCUT2D eigenvalue weighted by Gasteiger charge is -2.11. The van der Waals surface area contributed by atoms with Crippen molar-refractivity contribution in [1.82, 2.24) is 10.4 Å². The number of hydrogen-bond donors (Lipinski definition) is 2. The maximum absolute atomic E-state index is 13.3. The van der Waals surface area contributed by atoms with E-state index in [-0.39, 0.29) is 5.75 Å². The molecule has 8 heteroatoms. The van der Waals surface area contributed by atoms with E-state index >= 15 is 0 Å². The van der Waals surface area contributed by atoms with E-state index in [1.54, 1.807) is 49.6 Å². The van der Waals surface area contributed by atoms with Crippen molar-refractivity contribution in [1.29, 1.82) is 0 Å². The number of carbonyl (C=O) groups is 2. The molecule has 0 fully saturated rings. The molecule has 0 bridgehead atoms. The molecule has 200 valence electrons. The van der Waals surface area contributed by atoms with E-state index in [4.69, 9.17) is 14.2 Å². The second-order valence-corrected chi connectivity index (χ2v) is 8.75. The lowest BCUT2D eigenvalue weighted by molar-refractivity contribution is 0.0728. The molecular formula is C32H27N3O5. The van der Waals surface area contributed by atoms with Crippen LogP contribution in [-0.2, 0) is 0 Å². The molecule has 0 saturated carbocycles. The second-order valence-electron chi connectivity index (χ2n) is 8.75. The third-order valence-corrected chi connectivity index (χ3v) is 6.15. The van der Waals surface area contributed by atoms with Crippen molar-refractivity contribution in [2.45, 2.75) is 6.92 Å². The molecule has 5 rings (SSSR count). The summed E-state index contributed by atoms with van der Waals surface area (Å²) in [5.74, 6) is 0.483. The third kappa shape index (κ3) is 5.71. The average molecular weight is 534 g/mol. The predicted molar refractivity (Wildman–Crippen MR) is 154 cm³/mol. The molecule has 40 heavy (non-hydrogen) atoms. The summed E-state index contributed by atoms with van der Waals surface area (Å²) >= 11 is 0.